The van der Waals surface area contributed by atoms with Crippen LogP contribution in [0.2, 0.25) is 0 Å². The number of rotatable bonds is 0. The fourth-order valence-electron chi connectivity index (χ4n) is 1.46. The molecule has 0 saturated heterocycles. The lowest BCUT2D eigenvalue weighted by molar-refractivity contribution is 0.617. The maximum atomic E-state index is 2.34. The Morgan fingerprint density at radius 1 is 1.27 bits per heavy atom. The van der Waals surface area contributed by atoms with Gasteiger partial charge in [0.2, 0.25) is 0 Å². The van der Waals surface area contributed by atoms with Crippen LogP contribution < -0.4 is 0 Å². The van der Waals surface area contributed by atoms with Gasteiger partial charge < -0.3 is 0 Å². The lowest BCUT2D eigenvalue weighted by Gasteiger charge is -2.07. The Morgan fingerprint density at radius 3 is 2.55 bits per heavy atom. The first-order valence-electron chi connectivity index (χ1n) is 4.46. The normalized spacial score (nSPS) is 26.5. The molecule has 0 aromatic heterocycles. The maximum Gasteiger partial charge on any atom is -0.0228 e. The molecule has 1 aliphatic rings. The van der Waals surface area contributed by atoms with E-state index in [0.29, 0.717) is 0 Å². The van der Waals surface area contributed by atoms with E-state index in [0.717, 1.165) is 5.92 Å². The average molecular weight is 150 g/mol. The second-order valence-electron chi connectivity index (χ2n) is 3.79. The Balaban J connectivity index is 2.87. The zero-order valence-corrected chi connectivity index (χ0v) is 8.07. The molecule has 0 bridgehead atoms. The van der Waals surface area contributed by atoms with Crippen molar-refractivity contribution in [3.8, 4) is 0 Å². The summed E-state index contributed by atoms with van der Waals surface area (Å²) in [6, 6.07) is 0. The van der Waals surface area contributed by atoms with Crippen molar-refractivity contribution in [2.24, 2.45) is 5.92 Å². The molecule has 0 N–H and O–H groups in total. The monoisotopic (exact) mass is 150 g/mol. The number of hydrogen-bond donors (Lipinski definition) is 0. The molecule has 0 amide bonds. The summed E-state index contributed by atoms with van der Waals surface area (Å²) in [6.07, 6.45) is 4.94. The van der Waals surface area contributed by atoms with Crippen LogP contribution in [0.15, 0.2) is 22.8 Å². The molecule has 1 atom stereocenters. The van der Waals surface area contributed by atoms with Gasteiger partial charge >= 0.3 is 0 Å². The number of allylic oxidation sites excluding steroid dienone is 4. The van der Waals surface area contributed by atoms with Crippen LogP contribution in [0.3, 0.4) is 0 Å². The van der Waals surface area contributed by atoms with Crippen LogP contribution in [0.1, 0.15) is 40.5 Å². The minimum absolute atomic E-state index is 0.780. The highest BCUT2D eigenvalue weighted by Crippen LogP contribution is 2.26. The summed E-state index contributed by atoms with van der Waals surface area (Å²) in [5.74, 6) is 0.780. The molecule has 1 unspecified atom stereocenters. The summed E-state index contributed by atoms with van der Waals surface area (Å²) >= 11 is 0. The van der Waals surface area contributed by atoms with Gasteiger partial charge in [-0.25, -0.2) is 0 Å². The van der Waals surface area contributed by atoms with Crippen LogP contribution in [0, 0.1) is 5.92 Å². The Bertz CT molecular complexity index is 206. The van der Waals surface area contributed by atoms with Crippen molar-refractivity contribution >= 4 is 0 Å². The van der Waals surface area contributed by atoms with Crippen LogP contribution in [0.25, 0.3) is 0 Å². The van der Waals surface area contributed by atoms with Crippen LogP contribution in [0.5, 0.6) is 0 Å². The summed E-state index contributed by atoms with van der Waals surface area (Å²) < 4.78 is 0. The Labute approximate surface area is 70.0 Å². The molecule has 0 aromatic carbocycles. The molecule has 62 valence electrons. The fraction of sp³-hybridized carbons (Fsp3) is 0.636. The molecule has 0 spiro atoms. The second kappa shape index (κ2) is 3.25. The van der Waals surface area contributed by atoms with E-state index in [1.807, 2.05) is 0 Å². The predicted molar refractivity (Wildman–Crippen MR) is 50.5 cm³/mol. The van der Waals surface area contributed by atoms with Gasteiger partial charge in [0.15, 0.2) is 0 Å². The Hall–Kier alpha value is -0.520. The first kappa shape index (κ1) is 8.58. The minimum atomic E-state index is 0.780. The van der Waals surface area contributed by atoms with Crippen LogP contribution >= 0.6 is 0 Å². The SMILES string of the molecule is CC1=CC(C)=C(C)CCC1C. The van der Waals surface area contributed by atoms with Crippen molar-refractivity contribution in [3.05, 3.63) is 22.8 Å². The molecular weight excluding hydrogens is 132 g/mol. The Morgan fingerprint density at radius 2 is 1.91 bits per heavy atom. The first-order chi connectivity index (χ1) is 5.11. The fourth-order valence-corrected chi connectivity index (χ4v) is 1.46. The molecule has 0 aliphatic heterocycles. The zero-order chi connectivity index (χ0) is 8.43. The topological polar surface area (TPSA) is 0 Å². The molecular formula is C11H18. The van der Waals surface area contributed by atoms with E-state index in [1.165, 1.54) is 18.4 Å². The summed E-state index contributed by atoms with van der Waals surface area (Å²) in [4.78, 5) is 0. The first-order valence-corrected chi connectivity index (χ1v) is 4.46. The lowest BCUT2D eigenvalue weighted by atomic mass is 9.98. The second-order valence-corrected chi connectivity index (χ2v) is 3.79. The van der Waals surface area contributed by atoms with E-state index in [4.69, 9.17) is 0 Å². The van der Waals surface area contributed by atoms with Gasteiger partial charge in [-0.3, -0.25) is 0 Å². The van der Waals surface area contributed by atoms with E-state index >= 15 is 0 Å². The maximum absolute atomic E-state index is 2.34. The van der Waals surface area contributed by atoms with Gasteiger partial charge in [0.1, 0.15) is 0 Å². The summed E-state index contributed by atoms with van der Waals surface area (Å²) in [5, 5.41) is 0. The van der Waals surface area contributed by atoms with Gasteiger partial charge in [0.05, 0.1) is 0 Å². The molecule has 0 nitrogen and oxygen atoms in total. The van der Waals surface area contributed by atoms with Crippen LogP contribution in [-0.2, 0) is 0 Å². The molecule has 1 aliphatic carbocycles. The number of hydrogen-bond acceptors (Lipinski definition) is 0. The van der Waals surface area contributed by atoms with Crippen LogP contribution in [0.4, 0.5) is 0 Å². The smallest absolute Gasteiger partial charge is 0.0228 e. The van der Waals surface area contributed by atoms with Gasteiger partial charge in [0, 0.05) is 0 Å². The van der Waals surface area contributed by atoms with Gasteiger partial charge in [-0.2, -0.15) is 0 Å². The molecule has 0 fully saturated rings. The summed E-state index contributed by atoms with van der Waals surface area (Å²) in [7, 11) is 0. The van der Waals surface area contributed by atoms with E-state index < -0.39 is 0 Å². The third-order valence-electron chi connectivity index (χ3n) is 2.85. The average Bonchev–Trinajstić information content (AvgIpc) is 2.05. The zero-order valence-electron chi connectivity index (χ0n) is 8.07. The van der Waals surface area contributed by atoms with Crippen molar-refractivity contribution < 1.29 is 0 Å². The highest BCUT2D eigenvalue weighted by atomic mass is 14.1. The molecule has 0 radical (unpaired) electrons. The van der Waals surface area contributed by atoms with Gasteiger partial charge in [-0.05, 0) is 39.5 Å². The van der Waals surface area contributed by atoms with Crippen molar-refractivity contribution in [1.82, 2.24) is 0 Å². The predicted octanol–water partition coefficient (Wildman–Crippen LogP) is 3.70. The summed E-state index contributed by atoms with van der Waals surface area (Å²) in [5.41, 5.74) is 4.58. The molecule has 0 aromatic rings. The van der Waals surface area contributed by atoms with Crippen molar-refractivity contribution in [1.29, 1.82) is 0 Å². The van der Waals surface area contributed by atoms with Gasteiger partial charge in [-0.1, -0.05) is 29.7 Å². The van der Waals surface area contributed by atoms with Gasteiger partial charge in [0.25, 0.3) is 0 Å². The molecule has 0 heterocycles. The molecule has 0 heteroatoms. The summed E-state index contributed by atoms with van der Waals surface area (Å²) in [6.45, 7) is 9.03. The van der Waals surface area contributed by atoms with Crippen molar-refractivity contribution in [2.75, 3.05) is 0 Å². The lowest BCUT2D eigenvalue weighted by Crippen LogP contribution is -1.93. The van der Waals surface area contributed by atoms with Gasteiger partial charge in [-0.15, -0.1) is 0 Å². The van der Waals surface area contributed by atoms with E-state index in [-0.39, 0.29) is 0 Å². The largest absolute Gasteiger partial charge is 0.0704 e. The third-order valence-corrected chi connectivity index (χ3v) is 2.85. The van der Waals surface area contributed by atoms with Crippen molar-refractivity contribution in [3.63, 3.8) is 0 Å². The Kier molecular flexibility index (Phi) is 2.53. The van der Waals surface area contributed by atoms with E-state index in [9.17, 15) is 0 Å². The minimum Gasteiger partial charge on any atom is -0.0704 e. The molecule has 11 heavy (non-hydrogen) atoms. The van der Waals surface area contributed by atoms with E-state index in [2.05, 4.69) is 33.8 Å². The molecule has 1 rings (SSSR count). The van der Waals surface area contributed by atoms with Crippen molar-refractivity contribution in [2.45, 2.75) is 40.5 Å². The quantitative estimate of drug-likeness (QED) is 0.494. The molecule has 0 saturated carbocycles. The standard InChI is InChI=1S/C11H18/c1-8-5-6-9(2)11(4)7-10(8)3/h7-8H,5-6H2,1-4H3. The highest BCUT2D eigenvalue weighted by Gasteiger charge is 2.09. The van der Waals surface area contributed by atoms with E-state index in [1.54, 1.807) is 11.1 Å². The highest BCUT2D eigenvalue weighted by molar-refractivity contribution is 5.28. The third kappa shape index (κ3) is 1.95. The van der Waals surface area contributed by atoms with Crippen LogP contribution in [-0.4, -0.2) is 0 Å².